The molecule has 2 atom stereocenters. The number of benzene rings is 2. The molecule has 0 bridgehead atoms. The first-order valence-electron chi connectivity index (χ1n) is 6.96. The Kier molecular flexibility index (Phi) is 3.57. The minimum absolute atomic E-state index is 0.0762. The van der Waals surface area contributed by atoms with Gasteiger partial charge in [-0.25, -0.2) is 0 Å². The molecule has 0 saturated heterocycles. The maximum atomic E-state index is 12.4. The standard InChI is InChI=1S/C17H19NO2/c1-18(19)11-12-20-17(14-7-3-2-4-8-14)16-10-6-5-9-15(16)13-18/h2-10,17H,11-13H2,1H3/t17-,18?/m1/s1. The second-order valence-corrected chi connectivity index (χ2v) is 5.54. The summed E-state index contributed by atoms with van der Waals surface area (Å²) < 4.78 is 5.74. The van der Waals surface area contributed by atoms with E-state index in [0.717, 1.165) is 16.7 Å². The van der Waals surface area contributed by atoms with Crippen LogP contribution in [0.5, 0.6) is 0 Å². The molecule has 0 saturated carbocycles. The molecule has 1 aliphatic rings. The SMILES string of the molecule is C[N+]1([O-])CCO[C@H](c2ccccc2)c2ccccc2C1. The maximum absolute atomic E-state index is 12.4. The largest absolute Gasteiger partial charge is 0.633 e. The number of rotatable bonds is 1. The molecule has 3 heteroatoms. The summed E-state index contributed by atoms with van der Waals surface area (Å²) in [5, 5.41) is 12.4. The summed E-state index contributed by atoms with van der Waals surface area (Å²) in [5.74, 6) is 0. The van der Waals surface area contributed by atoms with Crippen molar-refractivity contribution in [3.8, 4) is 0 Å². The summed E-state index contributed by atoms with van der Waals surface area (Å²) in [4.78, 5) is 0. The van der Waals surface area contributed by atoms with Crippen LogP contribution in [0.4, 0.5) is 0 Å². The van der Waals surface area contributed by atoms with E-state index in [-0.39, 0.29) is 10.8 Å². The van der Waals surface area contributed by atoms with Gasteiger partial charge in [-0.05, 0) is 11.1 Å². The van der Waals surface area contributed by atoms with Crippen molar-refractivity contribution in [1.82, 2.24) is 0 Å². The molecule has 1 unspecified atom stereocenters. The Balaban J connectivity index is 2.05. The van der Waals surface area contributed by atoms with Crippen molar-refractivity contribution in [2.24, 2.45) is 0 Å². The molecule has 104 valence electrons. The van der Waals surface area contributed by atoms with Gasteiger partial charge < -0.3 is 14.6 Å². The second kappa shape index (κ2) is 5.37. The van der Waals surface area contributed by atoms with E-state index in [1.807, 2.05) is 36.4 Å². The number of hydroxylamine groups is 3. The molecular formula is C17H19NO2. The molecule has 3 rings (SSSR count). The van der Waals surface area contributed by atoms with Crippen LogP contribution in [0.1, 0.15) is 22.8 Å². The average Bonchev–Trinajstić information content (AvgIpc) is 2.43. The van der Waals surface area contributed by atoms with E-state index in [2.05, 4.69) is 18.2 Å². The van der Waals surface area contributed by atoms with Gasteiger partial charge in [0.25, 0.3) is 0 Å². The lowest BCUT2D eigenvalue weighted by molar-refractivity contribution is -0.875. The molecule has 0 radical (unpaired) electrons. The Labute approximate surface area is 119 Å². The maximum Gasteiger partial charge on any atom is 0.108 e. The van der Waals surface area contributed by atoms with Crippen LogP contribution in [-0.2, 0) is 11.3 Å². The Morgan fingerprint density at radius 2 is 1.75 bits per heavy atom. The van der Waals surface area contributed by atoms with E-state index in [4.69, 9.17) is 4.74 Å². The summed E-state index contributed by atoms with van der Waals surface area (Å²) in [6.07, 6.45) is -0.0762. The number of ether oxygens (including phenoxy) is 1. The van der Waals surface area contributed by atoms with Gasteiger partial charge in [0, 0.05) is 5.56 Å². The molecule has 2 aromatic carbocycles. The van der Waals surface area contributed by atoms with E-state index in [0.29, 0.717) is 19.7 Å². The third-order valence-electron chi connectivity index (χ3n) is 3.79. The van der Waals surface area contributed by atoms with Crippen molar-refractivity contribution in [2.75, 3.05) is 20.2 Å². The van der Waals surface area contributed by atoms with E-state index in [1.165, 1.54) is 0 Å². The highest BCUT2D eigenvalue weighted by Crippen LogP contribution is 2.31. The van der Waals surface area contributed by atoms with Gasteiger partial charge in [0.05, 0.1) is 13.7 Å². The van der Waals surface area contributed by atoms with Crippen molar-refractivity contribution < 1.29 is 9.38 Å². The fourth-order valence-electron chi connectivity index (χ4n) is 2.73. The van der Waals surface area contributed by atoms with Gasteiger partial charge in [0.2, 0.25) is 0 Å². The Morgan fingerprint density at radius 3 is 2.55 bits per heavy atom. The van der Waals surface area contributed by atoms with Crippen molar-refractivity contribution in [1.29, 1.82) is 0 Å². The van der Waals surface area contributed by atoms with Crippen LogP contribution in [0.2, 0.25) is 0 Å². The fraction of sp³-hybridized carbons (Fsp3) is 0.294. The molecule has 20 heavy (non-hydrogen) atoms. The molecule has 1 aliphatic heterocycles. The number of quaternary nitrogens is 1. The van der Waals surface area contributed by atoms with Crippen molar-refractivity contribution in [2.45, 2.75) is 12.6 Å². The monoisotopic (exact) mass is 269 g/mol. The fourth-order valence-corrected chi connectivity index (χ4v) is 2.73. The first-order valence-corrected chi connectivity index (χ1v) is 6.96. The predicted octanol–water partition coefficient (Wildman–Crippen LogP) is 3.25. The minimum atomic E-state index is -0.279. The first kappa shape index (κ1) is 13.3. The Hall–Kier alpha value is -1.68. The van der Waals surface area contributed by atoms with Crippen molar-refractivity contribution in [3.63, 3.8) is 0 Å². The van der Waals surface area contributed by atoms with Gasteiger partial charge in [0.15, 0.2) is 0 Å². The zero-order chi connectivity index (χ0) is 14.0. The highest BCUT2D eigenvalue weighted by Gasteiger charge is 2.24. The number of nitrogens with zero attached hydrogens (tertiary/aromatic N) is 1. The van der Waals surface area contributed by atoms with E-state index in [1.54, 1.807) is 7.05 Å². The van der Waals surface area contributed by atoms with Gasteiger partial charge in [-0.1, -0.05) is 54.6 Å². The Bertz CT molecular complexity index is 581. The summed E-state index contributed by atoms with van der Waals surface area (Å²) >= 11 is 0. The second-order valence-electron chi connectivity index (χ2n) is 5.54. The zero-order valence-electron chi connectivity index (χ0n) is 11.7. The summed E-state index contributed by atoms with van der Waals surface area (Å²) in [6.45, 7) is 1.47. The average molecular weight is 269 g/mol. The quantitative estimate of drug-likeness (QED) is 0.588. The molecular weight excluding hydrogens is 250 g/mol. The highest BCUT2D eigenvalue weighted by atomic mass is 16.6. The lowest BCUT2D eigenvalue weighted by Gasteiger charge is -2.41. The van der Waals surface area contributed by atoms with Gasteiger partial charge in [-0.3, -0.25) is 0 Å². The molecule has 0 N–H and O–H groups in total. The van der Waals surface area contributed by atoms with Crippen LogP contribution in [0, 0.1) is 5.21 Å². The normalized spacial score (nSPS) is 26.4. The molecule has 0 spiro atoms. The molecule has 2 aromatic rings. The van der Waals surface area contributed by atoms with Gasteiger partial charge >= 0.3 is 0 Å². The third-order valence-corrected chi connectivity index (χ3v) is 3.79. The number of hydrogen-bond donors (Lipinski definition) is 0. The lowest BCUT2D eigenvalue weighted by Crippen LogP contribution is -2.41. The van der Waals surface area contributed by atoms with Crippen LogP contribution in [0.25, 0.3) is 0 Å². The highest BCUT2D eigenvalue weighted by molar-refractivity contribution is 5.36. The van der Waals surface area contributed by atoms with Crippen LogP contribution < -0.4 is 0 Å². The van der Waals surface area contributed by atoms with Crippen LogP contribution in [0.15, 0.2) is 54.6 Å². The molecule has 0 aromatic heterocycles. The van der Waals surface area contributed by atoms with Gasteiger partial charge in [-0.2, -0.15) is 0 Å². The lowest BCUT2D eigenvalue weighted by atomic mass is 9.95. The van der Waals surface area contributed by atoms with E-state index >= 15 is 0 Å². The minimum Gasteiger partial charge on any atom is -0.633 e. The molecule has 3 nitrogen and oxygen atoms in total. The summed E-state index contributed by atoms with van der Waals surface area (Å²) in [6, 6.07) is 18.3. The van der Waals surface area contributed by atoms with Crippen molar-refractivity contribution >= 4 is 0 Å². The van der Waals surface area contributed by atoms with Crippen LogP contribution in [0.3, 0.4) is 0 Å². The zero-order valence-corrected chi connectivity index (χ0v) is 11.7. The predicted molar refractivity (Wildman–Crippen MR) is 78.8 cm³/mol. The number of likely N-dealkylation sites (N-methyl/N-ethyl adjacent to an activating group) is 1. The van der Waals surface area contributed by atoms with E-state index < -0.39 is 0 Å². The van der Waals surface area contributed by atoms with Gasteiger partial charge in [-0.15, -0.1) is 0 Å². The van der Waals surface area contributed by atoms with Crippen LogP contribution >= 0.6 is 0 Å². The smallest absolute Gasteiger partial charge is 0.108 e. The van der Waals surface area contributed by atoms with Crippen molar-refractivity contribution in [3.05, 3.63) is 76.5 Å². The van der Waals surface area contributed by atoms with E-state index in [9.17, 15) is 5.21 Å². The van der Waals surface area contributed by atoms with Gasteiger partial charge in [0.1, 0.15) is 19.2 Å². The third kappa shape index (κ3) is 2.75. The Morgan fingerprint density at radius 1 is 1.05 bits per heavy atom. The summed E-state index contributed by atoms with van der Waals surface area (Å²) in [5.41, 5.74) is 3.33. The molecule has 0 fully saturated rings. The summed E-state index contributed by atoms with van der Waals surface area (Å²) in [7, 11) is 1.71. The molecule has 0 aliphatic carbocycles. The topological polar surface area (TPSA) is 32.3 Å². The van der Waals surface area contributed by atoms with Crippen LogP contribution in [-0.4, -0.2) is 24.8 Å². The first-order chi connectivity index (χ1) is 9.66. The molecule has 0 amide bonds. The molecule has 1 heterocycles. The number of fused-ring (bicyclic) bond motifs is 1. The number of hydrogen-bond acceptors (Lipinski definition) is 2.